The Labute approximate surface area is 65.9 Å². The molecule has 0 aliphatic heterocycles. The number of aliphatic hydroxyl groups excluding tert-OH is 1. The molecule has 0 aromatic carbocycles. The third-order valence-electron chi connectivity index (χ3n) is 1.48. The van der Waals surface area contributed by atoms with Gasteiger partial charge in [0.25, 0.3) is 0 Å². The lowest BCUT2D eigenvalue weighted by Gasteiger charge is -2.02. The van der Waals surface area contributed by atoms with Crippen LogP contribution in [0.25, 0.3) is 0 Å². The Morgan fingerprint density at radius 2 is 2.45 bits per heavy atom. The van der Waals surface area contributed by atoms with Crippen molar-refractivity contribution >= 4 is 0 Å². The first kappa shape index (κ1) is 8.20. The highest BCUT2D eigenvalue weighted by atomic mass is 16.3. The first-order valence-electron chi connectivity index (χ1n) is 3.79. The van der Waals surface area contributed by atoms with E-state index in [4.69, 9.17) is 5.11 Å². The number of aryl methyl sites for hydroxylation is 1. The van der Waals surface area contributed by atoms with Crippen LogP contribution < -0.4 is 0 Å². The van der Waals surface area contributed by atoms with Gasteiger partial charge in [-0.15, -0.1) is 0 Å². The SMILES string of the molecule is C[C@H](O)CCCn1cncn1. The van der Waals surface area contributed by atoms with Crippen molar-refractivity contribution in [3.05, 3.63) is 12.7 Å². The largest absolute Gasteiger partial charge is 0.393 e. The Hall–Kier alpha value is -0.900. The van der Waals surface area contributed by atoms with E-state index in [2.05, 4.69) is 10.1 Å². The molecule has 0 aliphatic carbocycles. The molecule has 1 aromatic rings. The molecule has 0 radical (unpaired) electrons. The van der Waals surface area contributed by atoms with Crippen molar-refractivity contribution in [1.82, 2.24) is 14.8 Å². The van der Waals surface area contributed by atoms with Crippen LogP contribution in [0.3, 0.4) is 0 Å². The number of aliphatic hydroxyl groups is 1. The molecule has 0 spiro atoms. The van der Waals surface area contributed by atoms with Crippen LogP contribution in [0.15, 0.2) is 12.7 Å². The van der Waals surface area contributed by atoms with Crippen LogP contribution in [-0.4, -0.2) is 26.0 Å². The van der Waals surface area contributed by atoms with Crippen LogP contribution in [0.5, 0.6) is 0 Å². The first-order chi connectivity index (χ1) is 5.29. The standard InChI is InChI=1S/C7H13N3O/c1-7(11)3-2-4-10-6-8-5-9-10/h5-7,11H,2-4H2,1H3/t7-/m0/s1. The van der Waals surface area contributed by atoms with Crippen LogP contribution in [0.4, 0.5) is 0 Å². The summed E-state index contributed by atoms with van der Waals surface area (Å²) in [4.78, 5) is 3.81. The zero-order valence-corrected chi connectivity index (χ0v) is 6.64. The molecular formula is C7H13N3O. The van der Waals surface area contributed by atoms with E-state index in [0.717, 1.165) is 19.4 Å². The van der Waals surface area contributed by atoms with Crippen molar-refractivity contribution in [2.24, 2.45) is 0 Å². The Balaban J connectivity index is 2.14. The number of hydrogen-bond donors (Lipinski definition) is 1. The molecule has 4 heteroatoms. The minimum absolute atomic E-state index is 0.210. The number of nitrogens with zero attached hydrogens (tertiary/aromatic N) is 3. The van der Waals surface area contributed by atoms with E-state index in [1.165, 1.54) is 6.33 Å². The minimum Gasteiger partial charge on any atom is -0.393 e. The highest BCUT2D eigenvalue weighted by molar-refractivity contribution is 4.56. The van der Waals surface area contributed by atoms with Crippen molar-refractivity contribution in [3.63, 3.8) is 0 Å². The second kappa shape index (κ2) is 4.08. The molecule has 0 unspecified atom stereocenters. The second-order valence-corrected chi connectivity index (χ2v) is 2.65. The van der Waals surface area contributed by atoms with E-state index >= 15 is 0 Å². The lowest BCUT2D eigenvalue weighted by Crippen LogP contribution is -2.04. The van der Waals surface area contributed by atoms with Gasteiger partial charge in [-0.05, 0) is 19.8 Å². The van der Waals surface area contributed by atoms with Gasteiger partial charge in [0.1, 0.15) is 12.7 Å². The highest BCUT2D eigenvalue weighted by Crippen LogP contribution is 1.97. The van der Waals surface area contributed by atoms with Gasteiger partial charge in [0.15, 0.2) is 0 Å². The number of rotatable bonds is 4. The molecule has 1 rings (SSSR count). The Morgan fingerprint density at radius 3 is 3.00 bits per heavy atom. The van der Waals surface area contributed by atoms with Crippen molar-refractivity contribution in [2.45, 2.75) is 32.4 Å². The molecule has 0 aliphatic rings. The summed E-state index contributed by atoms with van der Waals surface area (Å²) in [5, 5.41) is 12.9. The molecule has 0 amide bonds. The molecule has 0 saturated heterocycles. The fourth-order valence-corrected chi connectivity index (χ4v) is 0.897. The third-order valence-corrected chi connectivity index (χ3v) is 1.48. The molecule has 0 saturated carbocycles. The fourth-order valence-electron chi connectivity index (χ4n) is 0.897. The van der Waals surface area contributed by atoms with Gasteiger partial charge in [-0.2, -0.15) is 5.10 Å². The third kappa shape index (κ3) is 3.13. The van der Waals surface area contributed by atoms with Crippen molar-refractivity contribution < 1.29 is 5.11 Å². The minimum atomic E-state index is -0.210. The predicted octanol–water partition coefficient (Wildman–Crippen LogP) is 0.439. The van der Waals surface area contributed by atoms with Gasteiger partial charge in [-0.1, -0.05) is 0 Å². The van der Waals surface area contributed by atoms with Gasteiger partial charge in [0, 0.05) is 6.54 Å². The predicted molar refractivity (Wildman–Crippen MR) is 40.9 cm³/mol. The van der Waals surface area contributed by atoms with Crippen LogP contribution in [0, 0.1) is 0 Å². The molecule has 4 nitrogen and oxygen atoms in total. The Morgan fingerprint density at radius 1 is 1.64 bits per heavy atom. The highest BCUT2D eigenvalue weighted by Gasteiger charge is 1.95. The molecule has 1 heterocycles. The first-order valence-corrected chi connectivity index (χ1v) is 3.79. The number of aromatic nitrogens is 3. The summed E-state index contributed by atoms with van der Waals surface area (Å²) >= 11 is 0. The molecule has 0 bridgehead atoms. The van der Waals surface area contributed by atoms with Gasteiger partial charge in [0.2, 0.25) is 0 Å². The van der Waals surface area contributed by atoms with Crippen molar-refractivity contribution in [2.75, 3.05) is 0 Å². The molecule has 0 fully saturated rings. The second-order valence-electron chi connectivity index (χ2n) is 2.65. The summed E-state index contributed by atoms with van der Waals surface area (Å²) in [6.45, 7) is 2.63. The van der Waals surface area contributed by atoms with E-state index in [1.807, 2.05) is 0 Å². The van der Waals surface area contributed by atoms with Crippen molar-refractivity contribution in [3.8, 4) is 0 Å². The maximum Gasteiger partial charge on any atom is 0.137 e. The van der Waals surface area contributed by atoms with E-state index in [-0.39, 0.29) is 6.10 Å². The summed E-state index contributed by atoms with van der Waals surface area (Å²) in [5.41, 5.74) is 0. The maximum atomic E-state index is 8.94. The summed E-state index contributed by atoms with van der Waals surface area (Å²) in [5.74, 6) is 0. The van der Waals surface area contributed by atoms with Crippen LogP contribution >= 0.6 is 0 Å². The molecule has 1 aromatic heterocycles. The van der Waals surface area contributed by atoms with Crippen LogP contribution in [0.1, 0.15) is 19.8 Å². The topological polar surface area (TPSA) is 50.9 Å². The maximum absolute atomic E-state index is 8.94. The molecular weight excluding hydrogens is 142 g/mol. The molecule has 11 heavy (non-hydrogen) atoms. The monoisotopic (exact) mass is 155 g/mol. The lowest BCUT2D eigenvalue weighted by molar-refractivity contribution is 0.179. The zero-order chi connectivity index (χ0) is 8.10. The van der Waals surface area contributed by atoms with E-state index in [9.17, 15) is 0 Å². The Bertz CT molecular complexity index is 184. The summed E-state index contributed by atoms with van der Waals surface area (Å²) in [6.07, 6.45) is 4.75. The average molecular weight is 155 g/mol. The normalized spacial score (nSPS) is 13.3. The summed E-state index contributed by atoms with van der Waals surface area (Å²) in [6, 6.07) is 0. The van der Waals surface area contributed by atoms with Crippen molar-refractivity contribution in [1.29, 1.82) is 0 Å². The Kier molecular flexibility index (Phi) is 3.04. The van der Waals surface area contributed by atoms with E-state index in [0.29, 0.717) is 0 Å². The quantitative estimate of drug-likeness (QED) is 0.686. The van der Waals surface area contributed by atoms with Crippen LogP contribution in [0.2, 0.25) is 0 Å². The molecule has 1 N–H and O–H groups in total. The lowest BCUT2D eigenvalue weighted by atomic mass is 10.2. The van der Waals surface area contributed by atoms with E-state index in [1.54, 1.807) is 17.9 Å². The van der Waals surface area contributed by atoms with Gasteiger partial charge in [0.05, 0.1) is 6.10 Å². The zero-order valence-electron chi connectivity index (χ0n) is 6.64. The molecule has 1 atom stereocenters. The molecule has 62 valence electrons. The van der Waals surface area contributed by atoms with Crippen LogP contribution in [-0.2, 0) is 6.54 Å². The number of hydrogen-bond acceptors (Lipinski definition) is 3. The summed E-state index contributed by atoms with van der Waals surface area (Å²) < 4.78 is 1.77. The van der Waals surface area contributed by atoms with Gasteiger partial charge in [-0.25, -0.2) is 4.98 Å². The average Bonchev–Trinajstić information content (AvgIpc) is 2.39. The fraction of sp³-hybridized carbons (Fsp3) is 0.714. The van der Waals surface area contributed by atoms with Gasteiger partial charge >= 0.3 is 0 Å². The summed E-state index contributed by atoms with van der Waals surface area (Å²) in [7, 11) is 0. The van der Waals surface area contributed by atoms with Gasteiger partial charge in [-0.3, -0.25) is 4.68 Å². The smallest absolute Gasteiger partial charge is 0.137 e. The van der Waals surface area contributed by atoms with E-state index < -0.39 is 0 Å². The van der Waals surface area contributed by atoms with Gasteiger partial charge < -0.3 is 5.11 Å².